The first-order valence-corrected chi connectivity index (χ1v) is 6.45. The Kier molecular flexibility index (Phi) is 3.97. The van der Waals surface area contributed by atoms with Gasteiger partial charge in [-0.15, -0.1) is 0 Å². The number of pyridine rings is 1. The molecule has 2 rings (SSSR count). The first-order valence-electron chi connectivity index (χ1n) is 6.45. The molecule has 0 saturated carbocycles. The number of aromatic nitrogens is 3. The molecule has 0 unspecified atom stereocenters. The molecule has 0 amide bonds. The largest absolute Gasteiger partial charge is 0.477 e. The summed E-state index contributed by atoms with van der Waals surface area (Å²) in [5.74, 6) is -0.901. The van der Waals surface area contributed by atoms with Crippen molar-refractivity contribution in [3.63, 3.8) is 0 Å². The van der Waals surface area contributed by atoms with Gasteiger partial charge in [0, 0.05) is 0 Å². The predicted octanol–water partition coefficient (Wildman–Crippen LogP) is 2.00. The fourth-order valence-electron chi connectivity index (χ4n) is 2.11. The number of hydrogen-bond donors (Lipinski definition) is 1. The van der Waals surface area contributed by atoms with Crippen molar-refractivity contribution in [2.24, 2.45) is 0 Å². The molecule has 2 heterocycles. The standard InChI is InChI=1S/C13H14N4O4/c1-3-8-12(17(20)21)10(4-2)16(15-8)11-7-5-6-9(14-11)13(18)19/h5-7H,3-4H2,1-2H3,(H,18,19). The normalized spacial score (nSPS) is 10.6. The Hall–Kier alpha value is -2.77. The van der Waals surface area contributed by atoms with Gasteiger partial charge in [-0.3, -0.25) is 10.1 Å². The van der Waals surface area contributed by atoms with Gasteiger partial charge in [0.2, 0.25) is 0 Å². The first kappa shape index (κ1) is 14.6. The third kappa shape index (κ3) is 2.60. The zero-order valence-electron chi connectivity index (χ0n) is 11.6. The molecule has 1 N–H and O–H groups in total. The van der Waals surface area contributed by atoms with Gasteiger partial charge in [-0.1, -0.05) is 19.9 Å². The molecule has 0 saturated heterocycles. The molecule has 8 nitrogen and oxygen atoms in total. The molecule has 0 radical (unpaired) electrons. The Morgan fingerprint density at radius 1 is 1.38 bits per heavy atom. The summed E-state index contributed by atoms with van der Waals surface area (Å²) in [5, 5.41) is 24.4. The Balaban J connectivity index is 2.66. The van der Waals surface area contributed by atoms with Crippen LogP contribution in [0.25, 0.3) is 5.82 Å². The number of carboxylic acids is 1. The molecule has 0 spiro atoms. The quantitative estimate of drug-likeness (QED) is 0.666. The lowest BCUT2D eigenvalue weighted by molar-refractivity contribution is -0.386. The van der Waals surface area contributed by atoms with Crippen LogP contribution in [0, 0.1) is 10.1 Å². The van der Waals surface area contributed by atoms with Gasteiger partial charge in [-0.25, -0.2) is 14.5 Å². The number of nitrogens with zero attached hydrogens (tertiary/aromatic N) is 4. The molecule has 0 fully saturated rings. The Morgan fingerprint density at radius 2 is 2.10 bits per heavy atom. The molecule has 0 atom stereocenters. The summed E-state index contributed by atoms with van der Waals surface area (Å²) in [6.45, 7) is 3.56. The molecule has 8 heteroatoms. The molecule has 0 aromatic carbocycles. The summed E-state index contributed by atoms with van der Waals surface area (Å²) in [6, 6.07) is 4.46. The van der Waals surface area contributed by atoms with E-state index in [0.29, 0.717) is 24.2 Å². The molecule has 0 bridgehead atoms. The number of aryl methyl sites for hydroxylation is 1. The van der Waals surface area contributed by atoms with Gasteiger partial charge < -0.3 is 5.11 Å². The summed E-state index contributed by atoms with van der Waals surface area (Å²) in [7, 11) is 0. The van der Waals surface area contributed by atoms with Crippen LogP contribution in [-0.2, 0) is 12.8 Å². The maximum Gasteiger partial charge on any atom is 0.354 e. The van der Waals surface area contributed by atoms with Gasteiger partial charge in [0.05, 0.1) is 4.92 Å². The van der Waals surface area contributed by atoms with Crippen LogP contribution in [0.4, 0.5) is 5.69 Å². The van der Waals surface area contributed by atoms with Gasteiger partial charge in [0.25, 0.3) is 0 Å². The molecule has 2 aromatic rings. The van der Waals surface area contributed by atoms with Crippen LogP contribution in [0.2, 0.25) is 0 Å². The molecular formula is C13H14N4O4. The summed E-state index contributed by atoms with van der Waals surface area (Å²) >= 11 is 0. The molecule has 21 heavy (non-hydrogen) atoms. The van der Waals surface area contributed by atoms with Crippen LogP contribution in [0.3, 0.4) is 0 Å². The maximum atomic E-state index is 11.2. The summed E-state index contributed by atoms with van der Waals surface area (Å²) in [5.41, 5.74) is 0.611. The zero-order valence-corrected chi connectivity index (χ0v) is 11.6. The van der Waals surface area contributed by atoms with Crippen LogP contribution in [0.1, 0.15) is 35.7 Å². The highest BCUT2D eigenvalue weighted by molar-refractivity contribution is 5.85. The van der Waals surface area contributed by atoms with E-state index < -0.39 is 10.9 Å². The minimum atomic E-state index is -1.16. The van der Waals surface area contributed by atoms with Gasteiger partial charge in [0.1, 0.15) is 11.4 Å². The summed E-state index contributed by atoms with van der Waals surface area (Å²) in [4.78, 5) is 25.7. The van der Waals surface area contributed by atoms with Crippen LogP contribution in [-0.4, -0.2) is 30.8 Å². The monoisotopic (exact) mass is 290 g/mol. The van der Waals surface area contributed by atoms with Crippen molar-refractivity contribution in [3.8, 4) is 5.82 Å². The van der Waals surface area contributed by atoms with Crippen molar-refractivity contribution in [2.45, 2.75) is 26.7 Å². The molecule has 0 aliphatic heterocycles. The topological polar surface area (TPSA) is 111 Å². The lowest BCUT2D eigenvalue weighted by atomic mass is 10.2. The fraction of sp³-hybridized carbons (Fsp3) is 0.308. The second-order valence-corrected chi connectivity index (χ2v) is 4.30. The van der Waals surface area contributed by atoms with Gasteiger partial charge in [-0.05, 0) is 25.0 Å². The zero-order chi connectivity index (χ0) is 15.6. The third-order valence-corrected chi connectivity index (χ3v) is 3.05. The maximum absolute atomic E-state index is 11.2. The number of carboxylic acid groups (broad SMARTS) is 1. The lowest BCUT2D eigenvalue weighted by Gasteiger charge is -2.04. The van der Waals surface area contributed by atoms with Crippen molar-refractivity contribution >= 4 is 11.7 Å². The molecule has 0 aliphatic carbocycles. The molecule has 0 aliphatic rings. The van der Waals surface area contributed by atoms with E-state index in [4.69, 9.17) is 5.11 Å². The number of aromatic carboxylic acids is 1. The highest BCUT2D eigenvalue weighted by Crippen LogP contribution is 2.26. The molecule has 2 aromatic heterocycles. The van der Waals surface area contributed by atoms with Crippen LogP contribution in [0.5, 0.6) is 0 Å². The van der Waals surface area contributed by atoms with E-state index in [1.165, 1.54) is 16.8 Å². The van der Waals surface area contributed by atoms with Crippen LogP contribution >= 0.6 is 0 Å². The minimum absolute atomic E-state index is 0.0254. The van der Waals surface area contributed by atoms with Crippen molar-refractivity contribution in [3.05, 3.63) is 45.4 Å². The van der Waals surface area contributed by atoms with E-state index in [9.17, 15) is 14.9 Å². The van der Waals surface area contributed by atoms with Crippen molar-refractivity contribution in [1.82, 2.24) is 14.8 Å². The fourth-order valence-corrected chi connectivity index (χ4v) is 2.11. The van der Waals surface area contributed by atoms with E-state index in [1.54, 1.807) is 19.9 Å². The van der Waals surface area contributed by atoms with Gasteiger partial charge >= 0.3 is 11.7 Å². The smallest absolute Gasteiger partial charge is 0.354 e. The molecular weight excluding hydrogens is 276 g/mol. The summed E-state index contributed by atoms with van der Waals surface area (Å²) in [6.07, 6.45) is 0.803. The van der Waals surface area contributed by atoms with E-state index in [-0.39, 0.29) is 17.2 Å². The van der Waals surface area contributed by atoms with Crippen LogP contribution < -0.4 is 0 Å². The van der Waals surface area contributed by atoms with Crippen molar-refractivity contribution in [2.75, 3.05) is 0 Å². The Bertz CT molecular complexity index is 708. The van der Waals surface area contributed by atoms with Crippen molar-refractivity contribution in [1.29, 1.82) is 0 Å². The molecule has 110 valence electrons. The Morgan fingerprint density at radius 3 is 2.62 bits per heavy atom. The van der Waals surface area contributed by atoms with Gasteiger partial charge in [0.15, 0.2) is 11.5 Å². The minimum Gasteiger partial charge on any atom is -0.477 e. The number of rotatable bonds is 5. The average molecular weight is 290 g/mol. The second-order valence-electron chi connectivity index (χ2n) is 4.30. The second kappa shape index (κ2) is 5.70. The Labute approximate surface area is 120 Å². The highest BCUT2D eigenvalue weighted by Gasteiger charge is 2.26. The number of hydrogen-bond acceptors (Lipinski definition) is 5. The average Bonchev–Trinajstić information content (AvgIpc) is 2.86. The number of nitro groups is 1. The third-order valence-electron chi connectivity index (χ3n) is 3.05. The van der Waals surface area contributed by atoms with E-state index >= 15 is 0 Å². The summed E-state index contributed by atoms with van der Waals surface area (Å²) < 4.78 is 1.35. The first-order chi connectivity index (χ1) is 9.99. The van der Waals surface area contributed by atoms with E-state index in [2.05, 4.69) is 10.1 Å². The number of carbonyl (C=O) groups is 1. The van der Waals surface area contributed by atoms with E-state index in [0.717, 1.165) is 0 Å². The lowest BCUT2D eigenvalue weighted by Crippen LogP contribution is -2.08. The highest BCUT2D eigenvalue weighted by atomic mass is 16.6. The van der Waals surface area contributed by atoms with E-state index in [1.807, 2.05) is 0 Å². The SMILES string of the molecule is CCc1nn(-c2cccc(C(=O)O)n2)c(CC)c1[N+](=O)[O-]. The van der Waals surface area contributed by atoms with Crippen LogP contribution in [0.15, 0.2) is 18.2 Å². The van der Waals surface area contributed by atoms with Crippen molar-refractivity contribution < 1.29 is 14.8 Å². The van der Waals surface area contributed by atoms with Gasteiger partial charge in [-0.2, -0.15) is 5.10 Å². The predicted molar refractivity (Wildman–Crippen MR) is 73.7 cm³/mol.